The van der Waals surface area contributed by atoms with E-state index in [2.05, 4.69) is 10.6 Å². The number of benzene rings is 2. The minimum atomic E-state index is -0.780. The van der Waals surface area contributed by atoms with Crippen LogP contribution >= 0.6 is 0 Å². The van der Waals surface area contributed by atoms with Gasteiger partial charge in [0.25, 0.3) is 5.91 Å². The zero-order valence-electron chi connectivity index (χ0n) is 18.0. The lowest BCUT2D eigenvalue weighted by molar-refractivity contribution is -0.128. The molecule has 9 nitrogen and oxygen atoms in total. The number of urea groups is 1. The monoisotopic (exact) mass is 441 g/mol. The highest BCUT2D eigenvalue weighted by Gasteiger charge is 2.38. The van der Waals surface area contributed by atoms with Gasteiger partial charge in [-0.1, -0.05) is 36.4 Å². The molecule has 170 valence electrons. The largest absolute Gasteiger partial charge is 0.493 e. The van der Waals surface area contributed by atoms with Gasteiger partial charge in [0.1, 0.15) is 6.04 Å². The predicted molar refractivity (Wildman–Crippen MR) is 116 cm³/mol. The molecule has 2 atom stereocenters. The molecule has 32 heavy (non-hydrogen) atoms. The molecule has 0 spiro atoms. The van der Waals surface area contributed by atoms with Crippen molar-refractivity contribution in [3.05, 3.63) is 59.7 Å². The fourth-order valence-electron chi connectivity index (χ4n) is 3.55. The van der Waals surface area contributed by atoms with Gasteiger partial charge in [-0.25, -0.2) is 4.79 Å². The first kappa shape index (κ1) is 23.1. The van der Waals surface area contributed by atoms with E-state index in [1.807, 2.05) is 30.3 Å². The van der Waals surface area contributed by atoms with Gasteiger partial charge in [-0.05, 0) is 29.7 Å². The molecule has 3 rings (SSSR count). The van der Waals surface area contributed by atoms with Gasteiger partial charge in [0, 0.05) is 6.42 Å². The fraction of sp³-hybridized carbons (Fsp3) is 0.348. The average Bonchev–Trinajstić information content (AvgIpc) is 3.09. The van der Waals surface area contributed by atoms with Crippen molar-refractivity contribution in [2.75, 3.05) is 20.8 Å². The van der Waals surface area contributed by atoms with Gasteiger partial charge in [0.05, 0.1) is 33.4 Å². The number of carbonyl (C=O) groups excluding carboxylic acids is 3. The molecule has 4 amide bonds. The van der Waals surface area contributed by atoms with E-state index in [-0.39, 0.29) is 37.8 Å². The molecule has 0 bridgehead atoms. The summed E-state index contributed by atoms with van der Waals surface area (Å²) in [6.07, 6.45) is 0.190. The van der Waals surface area contributed by atoms with Crippen LogP contribution in [0.2, 0.25) is 0 Å². The second-order valence-electron chi connectivity index (χ2n) is 7.37. The van der Waals surface area contributed by atoms with Gasteiger partial charge < -0.3 is 25.2 Å². The summed E-state index contributed by atoms with van der Waals surface area (Å²) in [4.78, 5) is 38.5. The van der Waals surface area contributed by atoms with Crippen LogP contribution in [0, 0.1) is 0 Å². The normalized spacial score (nSPS) is 16.5. The number of ether oxygens (including phenoxy) is 2. The smallest absolute Gasteiger partial charge is 0.325 e. The summed E-state index contributed by atoms with van der Waals surface area (Å²) in [5.74, 6) is 0.351. The quantitative estimate of drug-likeness (QED) is 0.484. The van der Waals surface area contributed by atoms with Gasteiger partial charge in [0.2, 0.25) is 5.91 Å². The molecule has 0 saturated carbocycles. The second kappa shape index (κ2) is 10.6. The third-order valence-corrected chi connectivity index (χ3v) is 5.28. The van der Waals surface area contributed by atoms with Crippen molar-refractivity contribution < 1.29 is 29.0 Å². The van der Waals surface area contributed by atoms with Crippen LogP contribution < -0.4 is 20.1 Å². The van der Waals surface area contributed by atoms with Crippen LogP contribution in [-0.2, 0) is 16.1 Å². The van der Waals surface area contributed by atoms with Crippen molar-refractivity contribution in [1.82, 2.24) is 15.5 Å². The minimum Gasteiger partial charge on any atom is -0.493 e. The van der Waals surface area contributed by atoms with E-state index in [0.29, 0.717) is 17.1 Å². The number of nitrogens with zero attached hydrogens (tertiary/aromatic N) is 1. The van der Waals surface area contributed by atoms with Crippen LogP contribution in [0.25, 0.3) is 0 Å². The number of hydrogen-bond acceptors (Lipinski definition) is 6. The predicted octanol–water partition coefficient (Wildman–Crippen LogP) is 1.75. The Labute approximate surface area is 186 Å². The number of carbonyl (C=O) groups is 3. The zero-order chi connectivity index (χ0) is 23.1. The Morgan fingerprint density at radius 2 is 1.84 bits per heavy atom. The average molecular weight is 441 g/mol. The lowest BCUT2D eigenvalue weighted by Crippen LogP contribution is -2.34. The molecule has 0 radical (unpaired) electrons. The zero-order valence-corrected chi connectivity index (χ0v) is 18.0. The molecule has 1 heterocycles. The highest BCUT2D eigenvalue weighted by molar-refractivity contribution is 6.04. The molecular weight excluding hydrogens is 414 g/mol. The molecule has 3 N–H and O–H groups in total. The lowest BCUT2D eigenvalue weighted by atomic mass is 10.1. The lowest BCUT2D eigenvalue weighted by Gasteiger charge is -2.17. The Morgan fingerprint density at radius 1 is 1.12 bits per heavy atom. The maximum Gasteiger partial charge on any atom is 0.325 e. The summed E-state index contributed by atoms with van der Waals surface area (Å²) in [5.41, 5.74) is 1.49. The maximum absolute atomic E-state index is 12.7. The number of amides is 4. The van der Waals surface area contributed by atoms with Crippen molar-refractivity contribution in [1.29, 1.82) is 0 Å². The van der Waals surface area contributed by atoms with Gasteiger partial charge >= 0.3 is 6.03 Å². The van der Waals surface area contributed by atoms with Gasteiger partial charge in [0.15, 0.2) is 11.5 Å². The molecule has 0 aliphatic carbocycles. The number of aliphatic hydroxyl groups is 1. The number of nitrogens with one attached hydrogen (secondary N) is 2. The number of methoxy groups -OCH3 is 2. The van der Waals surface area contributed by atoms with E-state index in [9.17, 15) is 19.5 Å². The van der Waals surface area contributed by atoms with E-state index in [1.165, 1.54) is 14.2 Å². The van der Waals surface area contributed by atoms with Crippen LogP contribution in [0.15, 0.2) is 48.5 Å². The van der Waals surface area contributed by atoms with Crippen molar-refractivity contribution in [2.45, 2.75) is 31.5 Å². The Balaban J connectivity index is 1.56. The first-order chi connectivity index (χ1) is 15.5. The van der Waals surface area contributed by atoms with Crippen LogP contribution in [0.4, 0.5) is 4.79 Å². The molecule has 1 aliphatic rings. The molecule has 0 aromatic heterocycles. The summed E-state index contributed by atoms with van der Waals surface area (Å²) in [6.45, 7) is -0.164. The Hall–Kier alpha value is -3.59. The summed E-state index contributed by atoms with van der Waals surface area (Å²) in [6, 6.07) is 12.5. The van der Waals surface area contributed by atoms with Gasteiger partial charge in [-0.15, -0.1) is 0 Å². The Morgan fingerprint density at radius 3 is 2.50 bits per heavy atom. The third-order valence-electron chi connectivity index (χ3n) is 5.28. The minimum absolute atomic E-state index is 0.0320. The summed E-state index contributed by atoms with van der Waals surface area (Å²) in [7, 11) is 3.04. The van der Waals surface area contributed by atoms with E-state index < -0.39 is 18.1 Å². The topological polar surface area (TPSA) is 117 Å². The molecule has 0 unspecified atom stereocenters. The van der Waals surface area contributed by atoms with Crippen LogP contribution in [0.5, 0.6) is 11.5 Å². The second-order valence-corrected chi connectivity index (χ2v) is 7.37. The third kappa shape index (κ3) is 5.36. The summed E-state index contributed by atoms with van der Waals surface area (Å²) < 4.78 is 10.5. The number of imide groups is 1. The van der Waals surface area contributed by atoms with E-state index in [1.54, 1.807) is 18.2 Å². The summed E-state index contributed by atoms with van der Waals surface area (Å²) in [5, 5.41) is 15.0. The first-order valence-electron chi connectivity index (χ1n) is 10.2. The fourth-order valence-corrected chi connectivity index (χ4v) is 3.55. The number of rotatable bonds is 10. The molecular formula is C23H27N3O6. The van der Waals surface area contributed by atoms with Crippen molar-refractivity contribution in [2.24, 2.45) is 0 Å². The molecule has 2 aromatic rings. The summed E-state index contributed by atoms with van der Waals surface area (Å²) >= 11 is 0. The van der Waals surface area contributed by atoms with Gasteiger partial charge in [-0.2, -0.15) is 0 Å². The molecule has 1 aliphatic heterocycles. The van der Waals surface area contributed by atoms with E-state index >= 15 is 0 Å². The van der Waals surface area contributed by atoms with Crippen LogP contribution in [0.1, 0.15) is 30.0 Å². The van der Waals surface area contributed by atoms with E-state index in [0.717, 1.165) is 10.5 Å². The molecule has 9 heteroatoms. The highest BCUT2D eigenvalue weighted by Crippen LogP contribution is 2.28. The molecule has 2 aromatic carbocycles. The van der Waals surface area contributed by atoms with Gasteiger partial charge in [-0.3, -0.25) is 14.5 Å². The SMILES string of the molecule is COc1ccc(CN2C(=O)N[C@H](CCC(=O)N[C@@H](CO)c3ccccc3)C2=O)cc1OC. The van der Waals surface area contributed by atoms with Crippen LogP contribution in [-0.4, -0.2) is 54.7 Å². The standard InChI is InChI=1S/C23H27N3O6/c1-31-19-10-8-15(12-20(19)32-2)13-26-22(29)17(25-23(26)30)9-11-21(28)24-18(14-27)16-6-4-3-5-7-16/h3-8,10,12,17-18,27H,9,11,13-14H2,1-2H3,(H,24,28)(H,25,30)/t17-,18+/m1/s1. The van der Waals surface area contributed by atoms with Crippen LogP contribution in [0.3, 0.4) is 0 Å². The first-order valence-corrected chi connectivity index (χ1v) is 10.2. The highest BCUT2D eigenvalue weighted by atomic mass is 16.5. The van der Waals surface area contributed by atoms with Crippen molar-refractivity contribution in [3.63, 3.8) is 0 Å². The van der Waals surface area contributed by atoms with Crippen molar-refractivity contribution in [3.8, 4) is 11.5 Å². The number of aliphatic hydroxyl groups excluding tert-OH is 1. The van der Waals surface area contributed by atoms with Crippen molar-refractivity contribution >= 4 is 17.8 Å². The molecule has 1 fully saturated rings. The van der Waals surface area contributed by atoms with E-state index in [4.69, 9.17) is 9.47 Å². The maximum atomic E-state index is 12.7. The Bertz CT molecular complexity index is 965. The molecule has 1 saturated heterocycles. The number of hydrogen-bond donors (Lipinski definition) is 3. The Kier molecular flexibility index (Phi) is 7.67.